The monoisotopic (exact) mass is 240 g/mol. The fourth-order valence-corrected chi connectivity index (χ4v) is 1.34. The number of rotatable bonds is 7. The number of aromatic amines is 1. The molecule has 1 atom stereocenters. The van der Waals surface area contributed by atoms with E-state index in [1.807, 2.05) is 13.8 Å². The number of H-pyrrole nitrogens is 1. The Balaban J connectivity index is 2.27. The zero-order valence-electron chi connectivity index (χ0n) is 10.5. The molecule has 0 fully saturated rings. The number of nitrogens with one attached hydrogen (secondary N) is 3. The highest BCUT2D eigenvalue weighted by atomic mass is 16.5. The summed E-state index contributed by atoms with van der Waals surface area (Å²) >= 11 is 0. The van der Waals surface area contributed by atoms with Crippen LogP contribution in [0.2, 0.25) is 0 Å². The number of carbonyl (C=O) groups excluding carboxylic acids is 1. The Morgan fingerprint density at radius 3 is 3.00 bits per heavy atom. The molecule has 1 unspecified atom stereocenters. The van der Waals surface area contributed by atoms with Crippen molar-refractivity contribution < 1.29 is 9.53 Å². The molecule has 0 aromatic carbocycles. The van der Waals surface area contributed by atoms with Gasteiger partial charge >= 0.3 is 0 Å². The number of aryl methyl sites for hydroxylation is 1. The van der Waals surface area contributed by atoms with E-state index in [2.05, 4.69) is 20.6 Å². The van der Waals surface area contributed by atoms with E-state index in [4.69, 9.17) is 4.74 Å². The van der Waals surface area contributed by atoms with Crippen molar-refractivity contribution in [2.24, 2.45) is 0 Å². The predicted molar refractivity (Wildman–Crippen MR) is 64.5 cm³/mol. The molecule has 0 aliphatic carbocycles. The Morgan fingerprint density at radius 1 is 1.65 bits per heavy atom. The van der Waals surface area contributed by atoms with E-state index in [9.17, 15) is 4.79 Å². The molecule has 0 saturated carbocycles. The third-order valence-electron chi connectivity index (χ3n) is 2.51. The molecular weight excluding hydrogens is 220 g/mol. The third-order valence-corrected chi connectivity index (χ3v) is 2.51. The molecular formula is C11H20N4O2. The molecule has 96 valence electrons. The van der Waals surface area contributed by atoms with Gasteiger partial charge in [-0.05, 0) is 13.8 Å². The van der Waals surface area contributed by atoms with Crippen molar-refractivity contribution in [3.8, 4) is 0 Å². The van der Waals surface area contributed by atoms with E-state index in [-0.39, 0.29) is 11.9 Å². The van der Waals surface area contributed by atoms with Crippen LogP contribution in [0, 0.1) is 6.92 Å². The molecule has 6 nitrogen and oxygen atoms in total. The van der Waals surface area contributed by atoms with Crippen LogP contribution in [0.5, 0.6) is 0 Å². The van der Waals surface area contributed by atoms with Crippen molar-refractivity contribution in [3.05, 3.63) is 17.7 Å². The van der Waals surface area contributed by atoms with Gasteiger partial charge in [0.1, 0.15) is 0 Å². The fourth-order valence-electron chi connectivity index (χ4n) is 1.34. The number of hydrogen-bond donors (Lipinski definition) is 3. The first-order valence-corrected chi connectivity index (χ1v) is 5.64. The second-order valence-electron chi connectivity index (χ2n) is 3.86. The third kappa shape index (κ3) is 4.54. The molecule has 0 radical (unpaired) electrons. The summed E-state index contributed by atoms with van der Waals surface area (Å²) in [6.07, 6.45) is 1.65. The summed E-state index contributed by atoms with van der Waals surface area (Å²) < 4.78 is 4.86. The summed E-state index contributed by atoms with van der Waals surface area (Å²) in [6, 6.07) is -0.247. The van der Waals surface area contributed by atoms with Crippen molar-refractivity contribution in [2.45, 2.75) is 26.4 Å². The van der Waals surface area contributed by atoms with Gasteiger partial charge < -0.3 is 20.4 Å². The molecule has 1 aromatic rings. The van der Waals surface area contributed by atoms with Gasteiger partial charge in [0.15, 0.2) is 0 Å². The first kappa shape index (κ1) is 13.7. The van der Waals surface area contributed by atoms with Crippen LogP contribution < -0.4 is 10.6 Å². The lowest BCUT2D eigenvalue weighted by Crippen LogP contribution is -2.42. The Hall–Kier alpha value is -1.40. The van der Waals surface area contributed by atoms with Gasteiger partial charge in [0.05, 0.1) is 24.7 Å². The first-order valence-electron chi connectivity index (χ1n) is 5.64. The maximum absolute atomic E-state index is 11.6. The van der Waals surface area contributed by atoms with Gasteiger partial charge in [0.25, 0.3) is 0 Å². The van der Waals surface area contributed by atoms with Crippen LogP contribution >= 0.6 is 0 Å². The number of ether oxygens (including phenoxy) is 1. The summed E-state index contributed by atoms with van der Waals surface area (Å²) in [7, 11) is 1.61. The summed E-state index contributed by atoms with van der Waals surface area (Å²) in [6.45, 7) is 5.41. The van der Waals surface area contributed by atoms with Crippen LogP contribution in [-0.2, 0) is 16.1 Å². The maximum atomic E-state index is 11.6. The molecule has 1 heterocycles. The van der Waals surface area contributed by atoms with Crippen molar-refractivity contribution in [2.75, 3.05) is 20.3 Å². The Labute approximate surface area is 101 Å². The van der Waals surface area contributed by atoms with Gasteiger partial charge in [-0.3, -0.25) is 4.79 Å². The van der Waals surface area contributed by atoms with Crippen molar-refractivity contribution in [1.82, 2.24) is 20.6 Å². The lowest BCUT2D eigenvalue weighted by atomic mass is 10.3. The minimum absolute atomic E-state index is 0.0322. The lowest BCUT2D eigenvalue weighted by Gasteiger charge is -2.13. The standard InChI is InChI=1S/C11H20N4O2/c1-8-10(15-7-14-8)6-13-9(2)11(16)12-4-5-17-3/h7,9,13H,4-6H2,1-3H3,(H,12,16)(H,14,15). The Morgan fingerprint density at radius 2 is 2.41 bits per heavy atom. The van der Waals surface area contributed by atoms with Gasteiger partial charge in [-0.25, -0.2) is 4.98 Å². The van der Waals surface area contributed by atoms with Crippen molar-refractivity contribution >= 4 is 5.91 Å². The number of methoxy groups -OCH3 is 1. The Kier molecular flexibility index (Phi) is 5.65. The fraction of sp³-hybridized carbons (Fsp3) is 0.636. The molecule has 0 saturated heterocycles. The topological polar surface area (TPSA) is 79.0 Å². The number of amides is 1. The molecule has 3 N–H and O–H groups in total. The predicted octanol–water partition coefficient (Wildman–Crippen LogP) is -0.0412. The van der Waals surface area contributed by atoms with Crippen molar-refractivity contribution in [1.29, 1.82) is 0 Å². The van der Waals surface area contributed by atoms with Gasteiger partial charge in [-0.2, -0.15) is 0 Å². The highest BCUT2D eigenvalue weighted by Gasteiger charge is 2.12. The summed E-state index contributed by atoms with van der Waals surface area (Å²) in [5.41, 5.74) is 1.95. The normalized spacial score (nSPS) is 12.4. The molecule has 0 bridgehead atoms. The first-order chi connectivity index (χ1) is 8.15. The second-order valence-corrected chi connectivity index (χ2v) is 3.86. The minimum Gasteiger partial charge on any atom is -0.383 e. The maximum Gasteiger partial charge on any atom is 0.236 e. The number of imidazole rings is 1. The van der Waals surface area contributed by atoms with Crippen LogP contribution in [0.15, 0.2) is 6.33 Å². The van der Waals surface area contributed by atoms with E-state index in [0.29, 0.717) is 19.7 Å². The smallest absolute Gasteiger partial charge is 0.236 e. The second kappa shape index (κ2) is 7.03. The van der Waals surface area contributed by atoms with Crippen LogP contribution in [0.4, 0.5) is 0 Å². The zero-order valence-corrected chi connectivity index (χ0v) is 10.5. The molecule has 0 spiro atoms. The molecule has 1 aromatic heterocycles. The van der Waals surface area contributed by atoms with Crippen LogP contribution in [-0.4, -0.2) is 42.2 Å². The molecule has 0 aliphatic heterocycles. The number of nitrogens with zero attached hydrogens (tertiary/aromatic N) is 1. The summed E-state index contributed by atoms with van der Waals surface area (Å²) in [5.74, 6) is -0.0322. The largest absolute Gasteiger partial charge is 0.383 e. The van der Waals surface area contributed by atoms with E-state index < -0.39 is 0 Å². The molecule has 1 rings (SSSR count). The quantitative estimate of drug-likeness (QED) is 0.584. The van der Waals surface area contributed by atoms with E-state index in [0.717, 1.165) is 11.4 Å². The molecule has 17 heavy (non-hydrogen) atoms. The van der Waals surface area contributed by atoms with Gasteiger partial charge in [0.2, 0.25) is 5.91 Å². The van der Waals surface area contributed by atoms with Crippen LogP contribution in [0.1, 0.15) is 18.3 Å². The van der Waals surface area contributed by atoms with E-state index >= 15 is 0 Å². The minimum atomic E-state index is -0.247. The summed E-state index contributed by atoms with van der Waals surface area (Å²) in [5, 5.41) is 5.89. The highest BCUT2D eigenvalue weighted by Crippen LogP contribution is 1.99. The van der Waals surface area contributed by atoms with Crippen LogP contribution in [0.3, 0.4) is 0 Å². The Bertz CT molecular complexity index is 351. The summed E-state index contributed by atoms with van der Waals surface area (Å²) in [4.78, 5) is 18.8. The van der Waals surface area contributed by atoms with Gasteiger partial charge in [0, 0.05) is 25.9 Å². The number of aromatic nitrogens is 2. The molecule has 6 heteroatoms. The van der Waals surface area contributed by atoms with E-state index in [1.54, 1.807) is 13.4 Å². The van der Waals surface area contributed by atoms with Crippen LogP contribution in [0.25, 0.3) is 0 Å². The van der Waals surface area contributed by atoms with Crippen molar-refractivity contribution in [3.63, 3.8) is 0 Å². The average Bonchev–Trinajstić information content (AvgIpc) is 2.72. The lowest BCUT2D eigenvalue weighted by molar-refractivity contribution is -0.123. The van der Waals surface area contributed by atoms with Gasteiger partial charge in [-0.15, -0.1) is 0 Å². The van der Waals surface area contributed by atoms with Gasteiger partial charge in [-0.1, -0.05) is 0 Å². The average molecular weight is 240 g/mol. The molecule has 1 amide bonds. The molecule has 0 aliphatic rings. The van der Waals surface area contributed by atoms with E-state index in [1.165, 1.54) is 0 Å². The zero-order chi connectivity index (χ0) is 12.7. The number of hydrogen-bond acceptors (Lipinski definition) is 4. The number of carbonyl (C=O) groups is 1. The SMILES string of the molecule is COCCNC(=O)C(C)NCc1nc[nH]c1C. The highest BCUT2D eigenvalue weighted by molar-refractivity contribution is 5.81.